The highest BCUT2D eigenvalue weighted by molar-refractivity contribution is 6.43. The number of hydrogen-bond donors (Lipinski definition) is 1. The second-order valence-electron chi connectivity index (χ2n) is 3.80. The van der Waals surface area contributed by atoms with Gasteiger partial charge in [-0.1, -0.05) is 34.8 Å². The molecule has 0 aliphatic carbocycles. The van der Waals surface area contributed by atoms with E-state index in [-0.39, 0.29) is 6.61 Å². The largest absolute Gasteiger partial charge is 0.489 e. The molecule has 0 bridgehead atoms. The zero-order valence-corrected chi connectivity index (χ0v) is 10.6. The van der Waals surface area contributed by atoms with Gasteiger partial charge < -0.3 is 9.84 Å². The minimum atomic E-state index is -0.921. The Labute approximate surface area is 104 Å². The lowest BCUT2D eigenvalue weighted by molar-refractivity contribution is 0.0285. The molecule has 15 heavy (non-hydrogen) atoms. The number of rotatable bonds is 3. The third-order valence-corrected chi connectivity index (χ3v) is 2.57. The second-order valence-corrected chi connectivity index (χ2v) is 5.02. The molecule has 1 N–H and O–H groups in total. The summed E-state index contributed by atoms with van der Waals surface area (Å²) in [5, 5.41) is 10.6. The highest BCUT2D eigenvalue weighted by atomic mass is 35.5. The molecule has 0 unspecified atom stereocenters. The van der Waals surface area contributed by atoms with Crippen molar-refractivity contribution in [1.29, 1.82) is 0 Å². The first kappa shape index (κ1) is 12.9. The summed E-state index contributed by atoms with van der Waals surface area (Å²) in [6.07, 6.45) is 0. The van der Waals surface area contributed by atoms with Crippen molar-refractivity contribution in [3.8, 4) is 5.75 Å². The van der Waals surface area contributed by atoms with Crippen LogP contribution in [0.1, 0.15) is 13.8 Å². The maximum Gasteiger partial charge on any atom is 0.139 e. The minimum absolute atomic E-state index is 0.130. The van der Waals surface area contributed by atoms with E-state index in [4.69, 9.17) is 39.5 Å². The van der Waals surface area contributed by atoms with Crippen LogP contribution in [0.15, 0.2) is 12.1 Å². The molecule has 5 heteroatoms. The van der Waals surface area contributed by atoms with Crippen molar-refractivity contribution < 1.29 is 9.84 Å². The SMILES string of the molecule is CC(C)(O)COc1cc(Cl)c(Cl)cc1Cl. The molecule has 0 spiro atoms. The Morgan fingerprint density at radius 2 is 1.67 bits per heavy atom. The van der Waals surface area contributed by atoms with E-state index in [1.807, 2.05) is 0 Å². The van der Waals surface area contributed by atoms with Gasteiger partial charge in [-0.05, 0) is 19.9 Å². The third kappa shape index (κ3) is 4.07. The highest BCUT2D eigenvalue weighted by Gasteiger charge is 2.15. The second kappa shape index (κ2) is 4.79. The molecule has 0 aromatic heterocycles. The predicted molar refractivity (Wildman–Crippen MR) is 63.3 cm³/mol. The average molecular weight is 270 g/mol. The van der Waals surface area contributed by atoms with Crippen LogP contribution in [0, 0.1) is 0 Å². The first-order valence-electron chi connectivity index (χ1n) is 4.29. The van der Waals surface area contributed by atoms with E-state index in [2.05, 4.69) is 0 Å². The summed E-state index contributed by atoms with van der Waals surface area (Å²) in [5.74, 6) is 0.410. The standard InChI is InChI=1S/C10H11Cl3O2/c1-10(2,14)5-15-9-4-7(12)6(11)3-8(9)13/h3-4,14H,5H2,1-2H3. The average Bonchev–Trinajstić information content (AvgIpc) is 2.07. The number of ether oxygens (including phenoxy) is 1. The van der Waals surface area contributed by atoms with Crippen LogP contribution < -0.4 is 4.74 Å². The van der Waals surface area contributed by atoms with E-state index in [1.54, 1.807) is 13.8 Å². The monoisotopic (exact) mass is 268 g/mol. The van der Waals surface area contributed by atoms with Crippen molar-refractivity contribution >= 4 is 34.8 Å². The lowest BCUT2D eigenvalue weighted by atomic mass is 10.2. The summed E-state index contributed by atoms with van der Waals surface area (Å²) < 4.78 is 5.31. The van der Waals surface area contributed by atoms with Gasteiger partial charge in [0.1, 0.15) is 12.4 Å². The lowest BCUT2D eigenvalue weighted by Crippen LogP contribution is -2.27. The molecule has 1 aromatic rings. The first-order valence-corrected chi connectivity index (χ1v) is 5.43. The normalized spacial score (nSPS) is 11.6. The summed E-state index contributed by atoms with van der Waals surface area (Å²) in [6.45, 7) is 3.40. The summed E-state index contributed by atoms with van der Waals surface area (Å²) >= 11 is 17.4. The fraction of sp³-hybridized carbons (Fsp3) is 0.400. The molecule has 0 amide bonds. The molecule has 0 aliphatic rings. The van der Waals surface area contributed by atoms with Crippen molar-refractivity contribution in [3.05, 3.63) is 27.2 Å². The van der Waals surface area contributed by atoms with Gasteiger partial charge in [-0.15, -0.1) is 0 Å². The molecule has 2 nitrogen and oxygen atoms in total. The van der Waals surface area contributed by atoms with Crippen molar-refractivity contribution in [2.45, 2.75) is 19.4 Å². The van der Waals surface area contributed by atoms with Crippen molar-refractivity contribution in [2.75, 3.05) is 6.61 Å². The van der Waals surface area contributed by atoms with Gasteiger partial charge in [0.15, 0.2) is 0 Å². The number of aliphatic hydroxyl groups is 1. The fourth-order valence-electron chi connectivity index (χ4n) is 0.869. The number of hydrogen-bond acceptors (Lipinski definition) is 2. The van der Waals surface area contributed by atoms with Gasteiger partial charge in [0.2, 0.25) is 0 Å². The summed E-state index contributed by atoms with van der Waals surface area (Å²) in [5.41, 5.74) is -0.921. The molecule has 0 saturated heterocycles. The minimum Gasteiger partial charge on any atom is -0.489 e. The molecule has 0 saturated carbocycles. The Hall–Kier alpha value is -0.150. The molecule has 0 fully saturated rings. The third-order valence-electron chi connectivity index (χ3n) is 1.56. The van der Waals surface area contributed by atoms with Gasteiger partial charge in [-0.3, -0.25) is 0 Å². The van der Waals surface area contributed by atoms with Gasteiger partial charge in [0.25, 0.3) is 0 Å². The fourth-order valence-corrected chi connectivity index (χ4v) is 1.46. The summed E-state index contributed by atoms with van der Waals surface area (Å²) in [7, 11) is 0. The Morgan fingerprint density at radius 3 is 2.20 bits per heavy atom. The number of halogens is 3. The summed E-state index contributed by atoms with van der Waals surface area (Å²) in [4.78, 5) is 0. The first-order chi connectivity index (χ1) is 6.79. The molecule has 0 heterocycles. The lowest BCUT2D eigenvalue weighted by Gasteiger charge is -2.18. The highest BCUT2D eigenvalue weighted by Crippen LogP contribution is 2.34. The topological polar surface area (TPSA) is 29.5 Å². The molecule has 84 valence electrons. The molecule has 0 atom stereocenters. The zero-order valence-electron chi connectivity index (χ0n) is 8.35. The quantitative estimate of drug-likeness (QED) is 0.846. The smallest absolute Gasteiger partial charge is 0.139 e. The van der Waals surface area contributed by atoms with Crippen LogP contribution in [-0.4, -0.2) is 17.3 Å². The zero-order chi connectivity index (χ0) is 11.6. The van der Waals surface area contributed by atoms with E-state index in [0.29, 0.717) is 20.8 Å². The van der Waals surface area contributed by atoms with E-state index in [9.17, 15) is 5.11 Å². The maximum absolute atomic E-state index is 9.47. The Balaban J connectivity index is 2.82. The van der Waals surface area contributed by atoms with Crippen LogP contribution in [0.3, 0.4) is 0 Å². The summed E-state index contributed by atoms with van der Waals surface area (Å²) in [6, 6.07) is 3.03. The van der Waals surface area contributed by atoms with E-state index < -0.39 is 5.60 Å². The number of benzene rings is 1. The van der Waals surface area contributed by atoms with E-state index in [0.717, 1.165) is 0 Å². The van der Waals surface area contributed by atoms with Gasteiger partial charge in [-0.2, -0.15) is 0 Å². The van der Waals surface area contributed by atoms with Crippen molar-refractivity contribution in [2.24, 2.45) is 0 Å². The van der Waals surface area contributed by atoms with Gasteiger partial charge in [-0.25, -0.2) is 0 Å². The van der Waals surface area contributed by atoms with Gasteiger partial charge >= 0.3 is 0 Å². The van der Waals surface area contributed by atoms with Crippen LogP contribution in [0.2, 0.25) is 15.1 Å². The van der Waals surface area contributed by atoms with Crippen molar-refractivity contribution in [3.63, 3.8) is 0 Å². The molecular formula is C10H11Cl3O2. The molecule has 0 aliphatic heterocycles. The van der Waals surface area contributed by atoms with Crippen LogP contribution in [0.4, 0.5) is 0 Å². The van der Waals surface area contributed by atoms with Crippen LogP contribution in [0.5, 0.6) is 5.75 Å². The Kier molecular flexibility index (Phi) is 4.13. The van der Waals surface area contributed by atoms with Gasteiger partial charge in [0, 0.05) is 6.07 Å². The van der Waals surface area contributed by atoms with Crippen LogP contribution >= 0.6 is 34.8 Å². The van der Waals surface area contributed by atoms with Crippen LogP contribution in [0.25, 0.3) is 0 Å². The van der Waals surface area contributed by atoms with Gasteiger partial charge in [0.05, 0.1) is 20.7 Å². The van der Waals surface area contributed by atoms with E-state index in [1.165, 1.54) is 12.1 Å². The van der Waals surface area contributed by atoms with Crippen molar-refractivity contribution in [1.82, 2.24) is 0 Å². The Morgan fingerprint density at radius 1 is 1.13 bits per heavy atom. The predicted octanol–water partition coefficient (Wildman–Crippen LogP) is 3.80. The van der Waals surface area contributed by atoms with E-state index >= 15 is 0 Å². The molecular weight excluding hydrogens is 258 g/mol. The maximum atomic E-state index is 9.47. The molecule has 0 radical (unpaired) electrons. The molecule has 1 aromatic carbocycles. The Bertz CT molecular complexity index is 358. The molecule has 1 rings (SSSR count). The van der Waals surface area contributed by atoms with Crippen LogP contribution in [-0.2, 0) is 0 Å².